The van der Waals surface area contributed by atoms with Crippen LogP contribution in [-0.2, 0) is 14.4 Å². The number of hydrogen-bond donors (Lipinski definition) is 3. The van der Waals surface area contributed by atoms with E-state index in [-0.39, 0.29) is 35.1 Å². The number of imide groups is 1. The second-order valence-corrected chi connectivity index (χ2v) is 8.55. The molecule has 5 amide bonds. The van der Waals surface area contributed by atoms with Gasteiger partial charge in [-0.25, -0.2) is 4.39 Å². The molecular formula is C25H27FN4O5. The summed E-state index contributed by atoms with van der Waals surface area (Å²) in [6.07, 6.45) is 0. The van der Waals surface area contributed by atoms with Crippen LogP contribution < -0.4 is 16.0 Å². The van der Waals surface area contributed by atoms with Gasteiger partial charge in [-0.2, -0.15) is 0 Å². The van der Waals surface area contributed by atoms with Crippen molar-refractivity contribution < 1.29 is 28.4 Å². The van der Waals surface area contributed by atoms with Crippen LogP contribution in [0.15, 0.2) is 48.5 Å². The zero-order valence-electron chi connectivity index (χ0n) is 19.6. The van der Waals surface area contributed by atoms with E-state index in [1.54, 1.807) is 32.0 Å². The van der Waals surface area contributed by atoms with Gasteiger partial charge in [0, 0.05) is 19.0 Å². The van der Waals surface area contributed by atoms with E-state index in [0.29, 0.717) is 0 Å². The van der Waals surface area contributed by atoms with E-state index in [9.17, 15) is 28.4 Å². The molecular weight excluding hydrogens is 455 g/mol. The Balaban J connectivity index is 1.73. The van der Waals surface area contributed by atoms with Crippen LogP contribution in [0.5, 0.6) is 0 Å². The SMILES string of the molecule is CC(=O)NC(C(=O)NCC(NC(=O)CN1C(=O)c2ccccc2C1=O)c1ccccc1F)C(C)C. The standard InChI is InChI=1S/C25H27FN4O5/c1-14(2)22(28-15(3)31)23(33)27-12-20(18-10-6-7-11-19(18)26)29-21(32)13-30-24(34)16-8-4-5-9-17(16)25(30)35/h4-11,14,20,22H,12-13H2,1-3H3,(H,27,33)(H,28,31)(H,29,32). The average molecular weight is 483 g/mol. The Morgan fingerprint density at radius 2 is 1.49 bits per heavy atom. The normalized spacial score (nSPS) is 14.4. The smallest absolute Gasteiger partial charge is 0.262 e. The van der Waals surface area contributed by atoms with E-state index in [4.69, 9.17) is 0 Å². The van der Waals surface area contributed by atoms with Crippen molar-refractivity contribution in [2.24, 2.45) is 5.92 Å². The highest BCUT2D eigenvalue weighted by Crippen LogP contribution is 2.22. The molecule has 2 aromatic carbocycles. The Labute approximate surface area is 202 Å². The molecule has 2 unspecified atom stereocenters. The lowest BCUT2D eigenvalue weighted by Crippen LogP contribution is -2.51. The molecule has 0 aliphatic carbocycles. The van der Waals surface area contributed by atoms with Crippen LogP contribution in [0, 0.1) is 11.7 Å². The molecule has 0 saturated heterocycles. The fraction of sp³-hybridized carbons (Fsp3) is 0.320. The first kappa shape index (κ1) is 25.5. The van der Waals surface area contributed by atoms with Crippen LogP contribution in [0.4, 0.5) is 4.39 Å². The van der Waals surface area contributed by atoms with Crippen molar-refractivity contribution in [3.8, 4) is 0 Å². The third-order valence-electron chi connectivity index (χ3n) is 5.58. The molecule has 0 spiro atoms. The molecule has 9 nitrogen and oxygen atoms in total. The number of carbonyl (C=O) groups excluding carboxylic acids is 5. The predicted molar refractivity (Wildman–Crippen MR) is 125 cm³/mol. The molecule has 0 fully saturated rings. The Kier molecular flexibility index (Phi) is 7.95. The van der Waals surface area contributed by atoms with Gasteiger partial charge < -0.3 is 16.0 Å². The summed E-state index contributed by atoms with van der Waals surface area (Å²) in [4.78, 5) is 62.9. The summed E-state index contributed by atoms with van der Waals surface area (Å²) in [6, 6.07) is 10.2. The number of fused-ring (bicyclic) bond motifs is 1. The summed E-state index contributed by atoms with van der Waals surface area (Å²) in [5.41, 5.74) is 0.533. The van der Waals surface area contributed by atoms with Crippen LogP contribution in [-0.4, -0.2) is 53.6 Å². The zero-order valence-corrected chi connectivity index (χ0v) is 19.6. The average Bonchev–Trinajstić information content (AvgIpc) is 3.05. The lowest BCUT2D eigenvalue weighted by molar-refractivity contribution is -0.129. The van der Waals surface area contributed by atoms with Gasteiger partial charge in [0.15, 0.2) is 0 Å². The minimum Gasteiger partial charge on any atom is -0.352 e. The summed E-state index contributed by atoms with van der Waals surface area (Å²) in [6.45, 7) is 4.07. The van der Waals surface area contributed by atoms with Crippen molar-refractivity contribution in [2.75, 3.05) is 13.1 Å². The minimum absolute atomic E-state index is 0.115. The predicted octanol–water partition coefficient (Wildman–Crippen LogP) is 1.56. The maximum absolute atomic E-state index is 14.5. The highest BCUT2D eigenvalue weighted by molar-refractivity contribution is 6.22. The number of benzene rings is 2. The number of rotatable bonds is 9. The van der Waals surface area contributed by atoms with Gasteiger partial charge in [0.05, 0.1) is 17.2 Å². The fourth-order valence-corrected chi connectivity index (χ4v) is 3.83. The van der Waals surface area contributed by atoms with E-state index in [1.165, 1.54) is 37.3 Å². The molecule has 2 aromatic rings. The number of carbonyl (C=O) groups is 5. The number of nitrogens with zero attached hydrogens (tertiary/aromatic N) is 1. The largest absolute Gasteiger partial charge is 0.352 e. The van der Waals surface area contributed by atoms with Crippen molar-refractivity contribution in [2.45, 2.75) is 32.9 Å². The van der Waals surface area contributed by atoms with E-state index in [2.05, 4.69) is 16.0 Å². The van der Waals surface area contributed by atoms with Crippen molar-refractivity contribution in [1.29, 1.82) is 0 Å². The molecule has 0 radical (unpaired) electrons. The van der Waals surface area contributed by atoms with E-state index < -0.39 is 48.1 Å². The van der Waals surface area contributed by atoms with Crippen LogP contribution in [0.1, 0.15) is 53.1 Å². The first-order valence-electron chi connectivity index (χ1n) is 11.1. The maximum Gasteiger partial charge on any atom is 0.262 e. The third-order valence-corrected chi connectivity index (χ3v) is 5.58. The van der Waals surface area contributed by atoms with Crippen molar-refractivity contribution in [3.63, 3.8) is 0 Å². The molecule has 3 N–H and O–H groups in total. The van der Waals surface area contributed by atoms with Gasteiger partial charge in [-0.15, -0.1) is 0 Å². The highest BCUT2D eigenvalue weighted by atomic mass is 19.1. The van der Waals surface area contributed by atoms with Crippen LogP contribution in [0.25, 0.3) is 0 Å². The first-order chi connectivity index (χ1) is 16.6. The molecule has 3 rings (SSSR count). The summed E-state index contributed by atoms with van der Waals surface area (Å²) in [5.74, 6) is -3.57. The van der Waals surface area contributed by atoms with Crippen molar-refractivity contribution >= 4 is 29.5 Å². The minimum atomic E-state index is -0.993. The third kappa shape index (κ3) is 5.89. The molecule has 10 heteroatoms. The lowest BCUT2D eigenvalue weighted by Gasteiger charge is -2.25. The lowest BCUT2D eigenvalue weighted by atomic mass is 10.0. The summed E-state index contributed by atoms with van der Waals surface area (Å²) in [7, 11) is 0. The van der Waals surface area contributed by atoms with Crippen LogP contribution >= 0.6 is 0 Å². The van der Waals surface area contributed by atoms with Gasteiger partial charge in [-0.05, 0) is 24.1 Å². The van der Waals surface area contributed by atoms with Gasteiger partial charge in [0.1, 0.15) is 18.4 Å². The summed E-state index contributed by atoms with van der Waals surface area (Å²) in [5, 5.41) is 7.82. The van der Waals surface area contributed by atoms with Gasteiger partial charge in [-0.3, -0.25) is 28.9 Å². The Hall–Kier alpha value is -4.08. The van der Waals surface area contributed by atoms with Crippen LogP contribution in [0.3, 0.4) is 0 Å². The van der Waals surface area contributed by atoms with Crippen LogP contribution in [0.2, 0.25) is 0 Å². The van der Waals surface area contributed by atoms with E-state index in [1.807, 2.05) is 0 Å². The van der Waals surface area contributed by atoms with Gasteiger partial charge in [0.2, 0.25) is 17.7 Å². The zero-order chi connectivity index (χ0) is 25.7. The Bertz CT molecular complexity index is 1130. The second-order valence-electron chi connectivity index (χ2n) is 8.55. The quantitative estimate of drug-likeness (QED) is 0.468. The molecule has 1 aliphatic heterocycles. The molecule has 2 atom stereocenters. The highest BCUT2D eigenvalue weighted by Gasteiger charge is 2.36. The van der Waals surface area contributed by atoms with E-state index >= 15 is 0 Å². The summed E-state index contributed by atoms with van der Waals surface area (Å²) < 4.78 is 14.5. The molecule has 0 saturated carbocycles. The summed E-state index contributed by atoms with van der Waals surface area (Å²) >= 11 is 0. The maximum atomic E-state index is 14.5. The first-order valence-corrected chi connectivity index (χ1v) is 11.1. The Morgan fingerprint density at radius 1 is 0.914 bits per heavy atom. The molecule has 0 aromatic heterocycles. The van der Waals surface area contributed by atoms with Gasteiger partial charge in [0.25, 0.3) is 11.8 Å². The fourth-order valence-electron chi connectivity index (χ4n) is 3.83. The topological polar surface area (TPSA) is 125 Å². The number of amides is 5. The molecule has 35 heavy (non-hydrogen) atoms. The number of nitrogens with one attached hydrogen (secondary N) is 3. The number of hydrogen-bond acceptors (Lipinski definition) is 5. The van der Waals surface area contributed by atoms with Crippen molar-refractivity contribution in [3.05, 3.63) is 71.0 Å². The monoisotopic (exact) mass is 482 g/mol. The van der Waals surface area contributed by atoms with Crippen molar-refractivity contribution in [1.82, 2.24) is 20.9 Å². The Morgan fingerprint density at radius 3 is 2.03 bits per heavy atom. The van der Waals surface area contributed by atoms with Gasteiger partial charge in [-0.1, -0.05) is 44.2 Å². The molecule has 1 aliphatic rings. The molecule has 184 valence electrons. The molecule has 1 heterocycles. The van der Waals surface area contributed by atoms with Gasteiger partial charge >= 0.3 is 0 Å². The number of halogens is 1. The second kappa shape index (κ2) is 10.9. The van der Waals surface area contributed by atoms with E-state index in [0.717, 1.165) is 4.90 Å². The molecule has 0 bridgehead atoms.